The number of amides is 1. The van der Waals surface area contributed by atoms with Crippen molar-refractivity contribution < 1.29 is 14.3 Å². The summed E-state index contributed by atoms with van der Waals surface area (Å²) in [6.45, 7) is 1.72. The van der Waals surface area contributed by atoms with Crippen molar-refractivity contribution in [2.75, 3.05) is 13.7 Å². The molecule has 1 amide bonds. The van der Waals surface area contributed by atoms with E-state index in [4.69, 9.17) is 21.1 Å². The highest BCUT2D eigenvalue weighted by atomic mass is 35.5. The van der Waals surface area contributed by atoms with Gasteiger partial charge >= 0.3 is 0 Å². The number of carbonyl (C=O) groups excluding carboxylic acids is 1. The lowest BCUT2D eigenvalue weighted by Gasteiger charge is -2.08. The van der Waals surface area contributed by atoms with Crippen LogP contribution >= 0.6 is 11.6 Å². The van der Waals surface area contributed by atoms with Crippen LogP contribution in [0.3, 0.4) is 0 Å². The molecule has 0 spiro atoms. The second kappa shape index (κ2) is 8.93. The third-order valence-electron chi connectivity index (χ3n) is 3.19. The Bertz CT molecular complexity index is 714. The third-order valence-corrected chi connectivity index (χ3v) is 3.45. The summed E-state index contributed by atoms with van der Waals surface area (Å²) in [6.07, 6.45) is 0.586. The van der Waals surface area contributed by atoms with Gasteiger partial charge in [0.15, 0.2) is 6.61 Å². The van der Waals surface area contributed by atoms with Crippen LogP contribution in [0.25, 0.3) is 0 Å². The van der Waals surface area contributed by atoms with Crippen LogP contribution in [0.1, 0.15) is 12.5 Å². The Morgan fingerprint density at radius 3 is 2.58 bits per heavy atom. The zero-order chi connectivity index (χ0) is 17.4. The number of benzene rings is 2. The predicted molar refractivity (Wildman–Crippen MR) is 94.9 cm³/mol. The average Bonchev–Trinajstić information content (AvgIpc) is 2.60. The normalized spacial score (nSPS) is 11.0. The summed E-state index contributed by atoms with van der Waals surface area (Å²) < 4.78 is 10.6. The lowest BCUT2D eigenvalue weighted by molar-refractivity contribution is -0.123. The average molecular weight is 347 g/mol. The van der Waals surface area contributed by atoms with Gasteiger partial charge in [0, 0.05) is 17.2 Å². The minimum absolute atomic E-state index is 0.118. The van der Waals surface area contributed by atoms with Gasteiger partial charge in [-0.25, -0.2) is 5.43 Å². The van der Waals surface area contributed by atoms with Crippen molar-refractivity contribution in [3.05, 3.63) is 59.1 Å². The fraction of sp³-hybridized carbons (Fsp3) is 0.222. The molecular weight excluding hydrogens is 328 g/mol. The molecule has 0 fully saturated rings. The quantitative estimate of drug-likeness (QED) is 0.617. The molecule has 0 saturated heterocycles. The van der Waals surface area contributed by atoms with E-state index in [0.29, 0.717) is 17.2 Å². The van der Waals surface area contributed by atoms with Crippen LogP contribution < -0.4 is 14.9 Å². The second-order valence-corrected chi connectivity index (χ2v) is 5.55. The van der Waals surface area contributed by atoms with Crippen LogP contribution in [0.15, 0.2) is 53.6 Å². The molecule has 2 rings (SSSR count). The molecule has 0 atom stereocenters. The number of hydrazone groups is 1. The molecule has 0 radical (unpaired) electrons. The molecule has 0 unspecified atom stereocenters. The molecule has 0 bridgehead atoms. The highest BCUT2D eigenvalue weighted by molar-refractivity contribution is 6.30. The summed E-state index contributed by atoms with van der Waals surface area (Å²) in [5, 5.41) is 4.70. The number of methoxy groups -OCH3 is 1. The smallest absolute Gasteiger partial charge is 0.277 e. The van der Waals surface area contributed by atoms with Gasteiger partial charge in [0.05, 0.1) is 7.11 Å². The molecule has 126 valence electrons. The number of hydrogen-bond donors (Lipinski definition) is 1. The molecule has 0 aliphatic carbocycles. The van der Waals surface area contributed by atoms with E-state index in [1.807, 2.05) is 31.2 Å². The van der Waals surface area contributed by atoms with E-state index >= 15 is 0 Å². The zero-order valence-electron chi connectivity index (χ0n) is 13.6. The number of halogens is 1. The van der Waals surface area contributed by atoms with E-state index in [-0.39, 0.29) is 12.5 Å². The van der Waals surface area contributed by atoms with Gasteiger partial charge in [0.2, 0.25) is 0 Å². The molecule has 2 aromatic rings. The second-order valence-electron chi connectivity index (χ2n) is 5.11. The monoisotopic (exact) mass is 346 g/mol. The van der Waals surface area contributed by atoms with E-state index in [1.54, 1.807) is 31.4 Å². The van der Waals surface area contributed by atoms with Gasteiger partial charge in [-0.15, -0.1) is 0 Å². The Hall–Kier alpha value is -2.53. The number of carbonyl (C=O) groups is 1. The number of para-hydroxylation sites is 1. The van der Waals surface area contributed by atoms with Crippen LogP contribution in [-0.2, 0) is 11.2 Å². The summed E-state index contributed by atoms with van der Waals surface area (Å²) in [5.74, 6) is 1.04. The van der Waals surface area contributed by atoms with E-state index < -0.39 is 0 Å². The zero-order valence-corrected chi connectivity index (χ0v) is 14.3. The molecule has 5 nitrogen and oxygen atoms in total. The van der Waals surface area contributed by atoms with E-state index in [9.17, 15) is 4.79 Å². The van der Waals surface area contributed by atoms with Crippen molar-refractivity contribution in [3.63, 3.8) is 0 Å². The molecule has 0 heterocycles. The molecule has 2 aromatic carbocycles. The van der Waals surface area contributed by atoms with Crippen LogP contribution in [0.5, 0.6) is 11.5 Å². The van der Waals surface area contributed by atoms with Crippen molar-refractivity contribution in [2.45, 2.75) is 13.3 Å². The highest BCUT2D eigenvalue weighted by Gasteiger charge is 2.05. The van der Waals surface area contributed by atoms with Gasteiger partial charge in [-0.2, -0.15) is 5.10 Å². The summed E-state index contributed by atoms with van der Waals surface area (Å²) in [5.41, 5.74) is 4.25. The maximum absolute atomic E-state index is 11.8. The van der Waals surface area contributed by atoms with Crippen LogP contribution in [0, 0.1) is 0 Å². The van der Waals surface area contributed by atoms with Gasteiger partial charge < -0.3 is 9.47 Å². The van der Waals surface area contributed by atoms with Crippen molar-refractivity contribution in [2.24, 2.45) is 5.10 Å². The Labute approximate surface area is 146 Å². The fourth-order valence-corrected chi connectivity index (χ4v) is 2.16. The first-order chi connectivity index (χ1) is 11.6. The van der Waals surface area contributed by atoms with Gasteiger partial charge in [-0.3, -0.25) is 4.79 Å². The number of nitrogens with zero attached hydrogens (tertiary/aromatic N) is 1. The van der Waals surface area contributed by atoms with Crippen molar-refractivity contribution >= 4 is 23.2 Å². The predicted octanol–water partition coefficient (Wildman–Crippen LogP) is 3.46. The van der Waals surface area contributed by atoms with Gasteiger partial charge in [0.25, 0.3) is 5.91 Å². The minimum atomic E-state index is -0.329. The molecular formula is C18H19ClN2O3. The number of hydrogen-bond acceptors (Lipinski definition) is 4. The van der Waals surface area contributed by atoms with Gasteiger partial charge in [-0.05, 0) is 42.8 Å². The molecule has 0 aliphatic heterocycles. The summed E-state index contributed by atoms with van der Waals surface area (Å²) in [6, 6.07) is 14.5. The maximum atomic E-state index is 11.8. The first kappa shape index (κ1) is 17.8. The molecule has 0 saturated carbocycles. The minimum Gasteiger partial charge on any atom is -0.496 e. The van der Waals surface area contributed by atoms with E-state index in [2.05, 4.69) is 10.5 Å². The molecule has 0 aromatic heterocycles. The lowest BCUT2D eigenvalue weighted by Crippen LogP contribution is -2.25. The van der Waals surface area contributed by atoms with Crippen LogP contribution in [0.2, 0.25) is 5.02 Å². The summed E-state index contributed by atoms with van der Waals surface area (Å²) >= 11 is 5.79. The summed E-state index contributed by atoms with van der Waals surface area (Å²) in [4.78, 5) is 11.8. The largest absolute Gasteiger partial charge is 0.496 e. The SMILES string of the molecule is COc1ccccc1C/C(C)=N\NC(=O)COc1ccc(Cl)cc1. The van der Waals surface area contributed by atoms with Gasteiger partial charge in [0.1, 0.15) is 11.5 Å². The van der Waals surface area contributed by atoms with Crippen LogP contribution in [0.4, 0.5) is 0 Å². The van der Waals surface area contributed by atoms with E-state index in [0.717, 1.165) is 17.0 Å². The molecule has 0 aliphatic rings. The van der Waals surface area contributed by atoms with Crippen molar-refractivity contribution in [1.82, 2.24) is 5.43 Å². The standard InChI is InChI=1S/C18H19ClN2O3/c1-13(11-14-5-3-4-6-17(14)23-2)20-21-18(22)12-24-16-9-7-15(19)8-10-16/h3-10H,11-12H2,1-2H3,(H,21,22)/b20-13-. The molecule has 6 heteroatoms. The number of ether oxygens (including phenoxy) is 2. The van der Waals surface area contributed by atoms with Crippen LogP contribution in [-0.4, -0.2) is 25.3 Å². The van der Waals surface area contributed by atoms with Crippen molar-refractivity contribution in [1.29, 1.82) is 0 Å². The van der Waals surface area contributed by atoms with Gasteiger partial charge in [-0.1, -0.05) is 29.8 Å². The van der Waals surface area contributed by atoms with Crippen molar-refractivity contribution in [3.8, 4) is 11.5 Å². The Balaban J connectivity index is 1.83. The number of rotatable bonds is 7. The first-order valence-electron chi connectivity index (χ1n) is 7.40. The Morgan fingerprint density at radius 1 is 1.17 bits per heavy atom. The number of nitrogens with one attached hydrogen (secondary N) is 1. The topological polar surface area (TPSA) is 59.9 Å². The molecule has 1 N–H and O–H groups in total. The lowest BCUT2D eigenvalue weighted by atomic mass is 10.1. The Morgan fingerprint density at radius 2 is 1.88 bits per heavy atom. The molecule has 24 heavy (non-hydrogen) atoms. The maximum Gasteiger partial charge on any atom is 0.277 e. The summed E-state index contributed by atoms with van der Waals surface area (Å²) in [7, 11) is 1.63. The Kier molecular flexibility index (Phi) is 6.63. The fourth-order valence-electron chi connectivity index (χ4n) is 2.03. The first-order valence-corrected chi connectivity index (χ1v) is 7.78. The highest BCUT2D eigenvalue weighted by Crippen LogP contribution is 2.18. The third kappa shape index (κ3) is 5.59. The van der Waals surface area contributed by atoms with E-state index in [1.165, 1.54) is 0 Å².